The van der Waals surface area contributed by atoms with Gasteiger partial charge >= 0.3 is 0 Å². The summed E-state index contributed by atoms with van der Waals surface area (Å²) < 4.78 is 0. The number of aliphatic imine (C=N–C) groups is 1. The van der Waals surface area contributed by atoms with E-state index in [4.69, 9.17) is 0 Å². The number of guanidine groups is 1. The van der Waals surface area contributed by atoms with E-state index in [0.717, 1.165) is 31.5 Å². The summed E-state index contributed by atoms with van der Waals surface area (Å²) in [6.07, 6.45) is 4.48. The molecule has 0 amide bonds. The lowest BCUT2D eigenvalue weighted by atomic mass is 10.0. The molecule has 0 atom stereocenters. The summed E-state index contributed by atoms with van der Waals surface area (Å²) in [5, 5.41) is 6.47. The van der Waals surface area contributed by atoms with Crippen molar-refractivity contribution in [3.63, 3.8) is 0 Å². The van der Waals surface area contributed by atoms with E-state index < -0.39 is 0 Å². The van der Waals surface area contributed by atoms with Crippen molar-refractivity contribution < 1.29 is 0 Å². The quantitative estimate of drug-likeness (QED) is 0.438. The van der Waals surface area contributed by atoms with Crippen LogP contribution in [-0.4, -0.2) is 37.1 Å². The minimum absolute atomic E-state index is 0.770. The molecule has 0 unspecified atom stereocenters. The summed E-state index contributed by atoms with van der Waals surface area (Å²) in [5.74, 6) is 4.30. The summed E-state index contributed by atoms with van der Waals surface area (Å²) in [6.45, 7) is 8.41. The van der Waals surface area contributed by atoms with E-state index in [1.54, 1.807) is 0 Å². The molecule has 0 bridgehead atoms. The SMILES string of the molecule is C=CCNC(=NCC1CCSCC1)NCC. The van der Waals surface area contributed by atoms with Crippen LogP contribution in [0.4, 0.5) is 0 Å². The van der Waals surface area contributed by atoms with Crippen molar-refractivity contribution in [2.24, 2.45) is 10.9 Å². The number of thioether (sulfide) groups is 1. The first-order valence-corrected chi connectivity index (χ1v) is 7.23. The van der Waals surface area contributed by atoms with Gasteiger partial charge in [0.25, 0.3) is 0 Å². The molecule has 0 saturated carbocycles. The van der Waals surface area contributed by atoms with E-state index in [-0.39, 0.29) is 0 Å². The van der Waals surface area contributed by atoms with Crippen LogP contribution in [0.5, 0.6) is 0 Å². The second kappa shape index (κ2) is 8.50. The standard InChI is InChI=1S/C12H23N3S/c1-3-7-14-12(13-4-2)15-10-11-5-8-16-9-6-11/h3,11H,1,4-10H2,2H3,(H2,13,14,15). The zero-order valence-electron chi connectivity index (χ0n) is 10.2. The molecule has 16 heavy (non-hydrogen) atoms. The van der Waals surface area contributed by atoms with Gasteiger partial charge in [0, 0.05) is 19.6 Å². The first-order chi connectivity index (χ1) is 7.86. The molecule has 1 rings (SSSR count). The highest BCUT2D eigenvalue weighted by atomic mass is 32.2. The van der Waals surface area contributed by atoms with E-state index in [2.05, 4.69) is 40.9 Å². The van der Waals surface area contributed by atoms with E-state index >= 15 is 0 Å². The van der Waals surface area contributed by atoms with Crippen LogP contribution in [0.3, 0.4) is 0 Å². The van der Waals surface area contributed by atoms with Gasteiger partial charge in [-0.1, -0.05) is 6.08 Å². The van der Waals surface area contributed by atoms with E-state index in [1.807, 2.05) is 6.08 Å². The molecule has 0 radical (unpaired) electrons. The molecule has 0 aromatic rings. The van der Waals surface area contributed by atoms with Gasteiger partial charge in [-0.05, 0) is 37.2 Å². The molecule has 1 aliphatic rings. The first kappa shape index (κ1) is 13.4. The van der Waals surface area contributed by atoms with Crippen LogP contribution in [0.15, 0.2) is 17.6 Å². The van der Waals surface area contributed by atoms with E-state index in [1.165, 1.54) is 24.3 Å². The Kier molecular flexibility index (Phi) is 7.14. The zero-order valence-corrected chi connectivity index (χ0v) is 11.0. The molecule has 1 saturated heterocycles. The van der Waals surface area contributed by atoms with Gasteiger partial charge in [0.2, 0.25) is 0 Å². The third kappa shape index (κ3) is 5.45. The Bertz CT molecular complexity index is 222. The van der Waals surface area contributed by atoms with Gasteiger partial charge in [0.1, 0.15) is 0 Å². The van der Waals surface area contributed by atoms with Crippen LogP contribution >= 0.6 is 11.8 Å². The van der Waals surface area contributed by atoms with Crippen LogP contribution in [0.25, 0.3) is 0 Å². The molecule has 1 aliphatic heterocycles. The smallest absolute Gasteiger partial charge is 0.191 e. The summed E-state index contributed by atoms with van der Waals surface area (Å²) in [4.78, 5) is 4.61. The van der Waals surface area contributed by atoms with Gasteiger partial charge in [0.05, 0.1) is 0 Å². The largest absolute Gasteiger partial charge is 0.357 e. The number of rotatable bonds is 5. The maximum atomic E-state index is 4.61. The highest BCUT2D eigenvalue weighted by Gasteiger charge is 2.12. The maximum absolute atomic E-state index is 4.61. The Morgan fingerprint density at radius 1 is 1.44 bits per heavy atom. The summed E-state index contributed by atoms with van der Waals surface area (Å²) in [6, 6.07) is 0. The second-order valence-electron chi connectivity index (χ2n) is 3.94. The number of hydrogen-bond donors (Lipinski definition) is 2. The molecule has 4 heteroatoms. The topological polar surface area (TPSA) is 36.4 Å². The third-order valence-corrected chi connectivity index (χ3v) is 3.66. The fourth-order valence-electron chi connectivity index (χ4n) is 1.66. The Labute approximate surface area is 103 Å². The molecule has 0 aliphatic carbocycles. The van der Waals surface area contributed by atoms with Crippen LogP contribution in [0.1, 0.15) is 19.8 Å². The fourth-order valence-corrected chi connectivity index (χ4v) is 2.86. The lowest BCUT2D eigenvalue weighted by molar-refractivity contribution is 0.501. The van der Waals surface area contributed by atoms with Crippen molar-refractivity contribution in [1.82, 2.24) is 10.6 Å². The second-order valence-corrected chi connectivity index (χ2v) is 5.17. The molecule has 2 N–H and O–H groups in total. The number of nitrogens with one attached hydrogen (secondary N) is 2. The Morgan fingerprint density at radius 3 is 2.81 bits per heavy atom. The molecule has 1 fully saturated rings. The van der Waals surface area contributed by atoms with Crippen molar-refractivity contribution in [2.75, 3.05) is 31.1 Å². The van der Waals surface area contributed by atoms with Crippen LogP contribution in [0.2, 0.25) is 0 Å². The Balaban J connectivity index is 2.32. The molecule has 3 nitrogen and oxygen atoms in total. The summed E-state index contributed by atoms with van der Waals surface area (Å²) >= 11 is 2.06. The molecule has 0 aromatic carbocycles. The van der Waals surface area contributed by atoms with Gasteiger partial charge in [-0.2, -0.15) is 11.8 Å². The lowest BCUT2D eigenvalue weighted by Crippen LogP contribution is -2.37. The van der Waals surface area contributed by atoms with Crippen LogP contribution in [-0.2, 0) is 0 Å². The minimum atomic E-state index is 0.770. The summed E-state index contributed by atoms with van der Waals surface area (Å²) in [5.41, 5.74) is 0. The number of nitrogens with zero attached hydrogens (tertiary/aromatic N) is 1. The molecular weight excluding hydrogens is 218 g/mol. The predicted molar refractivity (Wildman–Crippen MR) is 74.2 cm³/mol. The van der Waals surface area contributed by atoms with Gasteiger partial charge in [-0.3, -0.25) is 4.99 Å². The van der Waals surface area contributed by atoms with Crippen molar-refractivity contribution >= 4 is 17.7 Å². The highest BCUT2D eigenvalue weighted by Crippen LogP contribution is 2.22. The van der Waals surface area contributed by atoms with Crippen molar-refractivity contribution in [1.29, 1.82) is 0 Å². The van der Waals surface area contributed by atoms with Crippen molar-refractivity contribution in [2.45, 2.75) is 19.8 Å². The minimum Gasteiger partial charge on any atom is -0.357 e. The first-order valence-electron chi connectivity index (χ1n) is 6.07. The van der Waals surface area contributed by atoms with Gasteiger partial charge < -0.3 is 10.6 Å². The van der Waals surface area contributed by atoms with Crippen molar-refractivity contribution in [3.8, 4) is 0 Å². The molecule has 0 spiro atoms. The molecule has 1 heterocycles. The van der Waals surface area contributed by atoms with Gasteiger partial charge in [0.15, 0.2) is 5.96 Å². The monoisotopic (exact) mass is 241 g/mol. The average molecular weight is 241 g/mol. The zero-order chi connectivity index (χ0) is 11.6. The average Bonchev–Trinajstić information content (AvgIpc) is 2.34. The van der Waals surface area contributed by atoms with E-state index in [0.29, 0.717) is 0 Å². The van der Waals surface area contributed by atoms with Crippen molar-refractivity contribution in [3.05, 3.63) is 12.7 Å². The Morgan fingerprint density at radius 2 is 2.19 bits per heavy atom. The molecule has 0 aromatic heterocycles. The normalized spacial score (nSPS) is 18.2. The predicted octanol–water partition coefficient (Wildman–Crippen LogP) is 1.87. The number of hydrogen-bond acceptors (Lipinski definition) is 2. The van der Waals surface area contributed by atoms with Gasteiger partial charge in [-0.15, -0.1) is 6.58 Å². The lowest BCUT2D eigenvalue weighted by Gasteiger charge is -2.20. The fraction of sp³-hybridized carbons (Fsp3) is 0.750. The summed E-state index contributed by atoms with van der Waals surface area (Å²) in [7, 11) is 0. The van der Waals surface area contributed by atoms with Crippen LogP contribution in [0, 0.1) is 5.92 Å². The molecule has 92 valence electrons. The maximum Gasteiger partial charge on any atom is 0.191 e. The van der Waals surface area contributed by atoms with Gasteiger partial charge in [-0.25, -0.2) is 0 Å². The van der Waals surface area contributed by atoms with E-state index in [9.17, 15) is 0 Å². The third-order valence-electron chi connectivity index (χ3n) is 2.61. The highest BCUT2D eigenvalue weighted by molar-refractivity contribution is 7.99. The van der Waals surface area contributed by atoms with Crippen LogP contribution < -0.4 is 10.6 Å². The molecular formula is C12H23N3S. The Hall–Kier alpha value is -0.640.